The molecular weight excluding hydrogens is 316 g/mol. The third-order valence-electron chi connectivity index (χ3n) is 3.04. The van der Waals surface area contributed by atoms with E-state index in [1.807, 2.05) is 13.0 Å². The van der Waals surface area contributed by atoms with Gasteiger partial charge in [0.25, 0.3) is 0 Å². The van der Waals surface area contributed by atoms with Crippen molar-refractivity contribution in [1.82, 2.24) is 0 Å². The summed E-state index contributed by atoms with van der Waals surface area (Å²) in [5.74, 6) is 0.315. The Bertz CT molecular complexity index is 621. The second-order valence-corrected chi connectivity index (χ2v) is 7.93. The lowest BCUT2D eigenvalue weighted by Crippen LogP contribution is -2.36. The number of hydrogen-bond acceptors (Lipinski definition) is 4. The number of benzene rings is 1. The molecule has 2 rings (SSSR count). The summed E-state index contributed by atoms with van der Waals surface area (Å²) < 4.78 is 23.9. The number of halogens is 1. The molecule has 1 aliphatic rings. The van der Waals surface area contributed by atoms with Crippen molar-refractivity contribution in [1.29, 1.82) is 5.26 Å². The standard InChI is InChI=1S/C12H13BrN2O2S/c1-12(4-5-18(16,17)8-12)15-11-3-2-10(13)6-9(11)7-14/h2-3,6,15H,4-5,8H2,1H3. The summed E-state index contributed by atoms with van der Waals surface area (Å²) in [5, 5.41) is 12.3. The highest BCUT2D eigenvalue weighted by Crippen LogP contribution is 2.30. The van der Waals surface area contributed by atoms with Crippen molar-refractivity contribution in [3.8, 4) is 6.07 Å². The summed E-state index contributed by atoms with van der Waals surface area (Å²) in [6, 6.07) is 7.44. The van der Waals surface area contributed by atoms with Gasteiger partial charge in [0.1, 0.15) is 6.07 Å². The highest BCUT2D eigenvalue weighted by atomic mass is 79.9. The Morgan fingerprint density at radius 1 is 1.50 bits per heavy atom. The maximum absolute atomic E-state index is 11.5. The lowest BCUT2D eigenvalue weighted by molar-refractivity contribution is 0.574. The Hall–Kier alpha value is -1.06. The van der Waals surface area contributed by atoms with Gasteiger partial charge in [-0.2, -0.15) is 5.26 Å². The number of nitriles is 1. The maximum atomic E-state index is 11.5. The van der Waals surface area contributed by atoms with Gasteiger partial charge >= 0.3 is 0 Å². The molecule has 6 heteroatoms. The first kappa shape index (κ1) is 13.4. The Morgan fingerprint density at radius 3 is 2.78 bits per heavy atom. The molecule has 96 valence electrons. The average Bonchev–Trinajstić information content (AvgIpc) is 2.56. The monoisotopic (exact) mass is 328 g/mol. The minimum atomic E-state index is -2.96. The molecule has 0 bridgehead atoms. The van der Waals surface area contributed by atoms with E-state index in [1.165, 1.54) is 0 Å². The quantitative estimate of drug-likeness (QED) is 0.904. The van der Waals surface area contributed by atoms with Gasteiger partial charge in [0.2, 0.25) is 0 Å². The number of sulfone groups is 1. The Kier molecular flexibility index (Phi) is 3.39. The minimum Gasteiger partial charge on any atom is -0.378 e. The number of nitrogens with zero attached hydrogens (tertiary/aromatic N) is 1. The fraction of sp³-hybridized carbons (Fsp3) is 0.417. The first-order chi connectivity index (χ1) is 8.34. The van der Waals surface area contributed by atoms with Crippen LogP contribution < -0.4 is 5.32 Å². The van der Waals surface area contributed by atoms with E-state index >= 15 is 0 Å². The molecule has 1 atom stereocenters. The van der Waals surface area contributed by atoms with Crippen LogP contribution >= 0.6 is 15.9 Å². The summed E-state index contributed by atoms with van der Waals surface area (Å²) in [6.45, 7) is 1.88. The molecule has 1 saturated heterocycles. The van der Waals surface area contributed by atoms with E-state index in [4.69, 9.17) is 5.26 Å². The van der Waals surface area contributed by atoms with Crippen LogP contribution in [0.3, 0.4) is 0 Å². The van der Waals surface area contributed by atoms with Crippen LogP contribution in [0.15, 0.2) is 22.7 Å². The molecule has 1 aromatic rings. The summed E-state index contributed by atoms with van der Waals surface area (Å²) >= 11 is 3.31. The van der Waals surface area contributed by atoms with Crippen molar-refractivity contribution in [2.45, 2.75) is 18.9 Å². The van der Waals surface area contributed by atoms with Crippen LogP contribution in [0, 0.1) is 11.3 Å². The van der Waals surface area contributed by atoms with Gasteiger partial charge in [0.15, 0.2) is 9.84 Å². The van der Waals surface area contributed by atoms with Crippen molar-refractivity contribution in [2.75, 3.05) is 16.8 Å². The predicted molar refractivity (Wildman–Crippen MR) is 74.2 cm³/mol. The fourth-order valence-electron chi connectivity index (χ4n) is 2.15. The lowest BCUT2D eigenvalue weighted by atomic mass is 10.0. The smallest absolute Gasteiger partial charge is 0.152 e. The summed E-state index contributed by atoms with van der Waals surface area (Å²) in [7, 11) is -2.96. The largest absolute Gasteiger partial charge is 0.378 e. The van der Waals surface area contributed by atoms with E-state index in [-0.39, 0.29) is 11.5 Å². The molecule has 0 amide bonds. The predicted octanol–water partition coefficient (Wildman–Crippen LogP) is 2.31. The van der Waals surface area contributed by atoms with Gasteiger partial charge in [0.05, 0.1) is 22.8 Å². The topological polar surface area (TPSA) is 70.0 Å². The van der Waals surface area contributed by atoms with E-state index < -0.39 is 15.4 Å². The highest BCUT2D eigenvalue weighted by molar-refractivity contribution is 9.10. The van der Waals surface area contributed by atoms with Crippen LogP contribution in [0.4, 0.5) is 5.69 Å². The van der Waals surface area contributed by atoms with Gasteiger partial charge in [-0.3, -0.25) is 0 Å². The molecule has 0 aliphatic carbocycles. The van der Waals surface area contributed by atoms with E-state index in [0.717, 1.165) is 4.47 Å². The lowest BCUT2D eigenvalue weighted by Gasteiger charge is -2.26. The van der Waals surface area contributed by atoms with Crippen LogP contribution in [-0.2, 0) is 9.84 Å². The first-order valence-corrected chi connectivity index (χ1v) is 8.13. The Labute approximate surface area is 115 Å². The van der Waals surface area contributed by atoms with Crippen LogP contribution in [0.25, 0.3) is 0 Å². The van der Waals surface area contributed by atoms with Crippen LogP contribution in [0.1, 0.15) is 18.9 Å². The van der Waals surface area contributed by atoms with Gasteiger partial charge < -0.3 is 5.32 Å². The molecule has 1 aliphatic heterocycles. The first-order valence-electron chi connectivity index (χ1n) is 5.52. The van der Waals surface area contributed by atoms with Crippen molar-refractivity contribution in [3.05, 3.63) is 28.2 Å². The van der Waals surface area contributed by atoms with E-state index in [2.05, 4.69) is 27.3 Å². The molecule has 0 aromatic heterocycles. The van der Waals surface area contributed by atoms with E-state index in [9.17, 15) is 8.42 Å². The summed E-state index contributed by atoms with van der Waals surface area (Å²) in [5.41, 5.74) is 0.702. The normalized spacial score (nSPS) is 25.6. The molecule has 0 radical (unpaired) electrons. The molecule has 4 nitrogen and oxygen atoms in total. The summed E-state index contributed by atoms with van der Waals surface area (Å²) in [6.07, 6.45) is 0.566. The van der Waals surface area contributed by atoms with E-state index in [1.54, 1.807) is 12.1 Å². The number of nitrogens with one attached hydrogen (secondary N) is 1. The van der Waals surface area contributed by atoms with Gasteiger partial charge in [-0.1, -0.05) is 15.9 Å². The zero-order valence-corrected chi connectivity index (χ0v) is 12.3. The number of hydrogen-bond donors (Lipinski definition) is 1. The molecule has 1 unspecified atom stereocenters. The Balaban J connectivity index is 2.28. The molecule has 1 heterocycles. The van der Waals surface area contributed by atoms with Crippen LogP contribution in [0.2, 0.25) is 0 Å². The minimum absolute atomic E-state index is 0.112. The molecule has 18 heavy (non-hydrogen) atoms. The third kappa shape index (κ3) is 2.85. The van der Waals surface area contributed by atoms with Gasteiger partial charge in [0, 0.05) is 10.0 Å². The zero-order valence-electron chi connectivity index (χ0n) is 9.90. The van der Waals surface area contributed by atoms with Crippen LogP contribution in [0.5, 0.6) is 0 Å². The number of anilines is 1. The molecule has 1 N–H and O–H groups in total. The fourth-order valence-corrected chi connectivity index (χ4v) is 4.61. The molecule has 1 fully saturated rings. The average molecular weight is 329 g/mol. The molecule has 0 saturated carbocycles. The van der Waals surface area contributed by atoms with Crippen LogP contribution in [-0.4, -0.2) is 25.5 Å². The summed E-state index contributed by atoms with van der Waals surface area (Å²) in [4.78, 5) is 0. The van der Waals surface area contributed by atoms with Gasteiger partial charge in [-0.25, -0.2) is 8.42 Å². The molecule has 1 aromatic carbocycles. The number of rotatable bonds is 2. The van der Waals surface area contributed by atoms with Crippen molar-refractivity contribution in [3.63, 3.8) is 0 Å². The zero-order chi connectivity index (χ0) is 13.4. The maximum Gasteiger partial charge on any atom is 0.152 e. The van der Waals surface area contributed by atoms with Gasteiger partial charge in [-0.15, -0.1) is 0 Å². The second-order valence-electron chi connectivity index (χ2n) is 4.83. The van der Waals surface area contributed by atoms with Crippen molar-refractivity contribution in [2.24, 2.45) is 0 Å². The van der Waals surface area contributed by atoms with Crippen molar-refractivity contribution < 1.29 is 8.42 Å². The van der Waals surface area contributed by atoms with Crippen molar-refractivity contribution >= 4 is 31.5 Å². The third-order valence-corrected chi connectivity index (χ3v) is 5.44. The molecular formula is C12H13BrN2O2S. The Morgan fingerprint density at radius 2 is 2.22 bits per heavy atom. The van der Waals surface area contributed by atoms with Gasteiger partial charge in [-0.05, 0) is 31.5 Å². The van der Waals surface area contributed by atoms with E-state index in [0.29, 0.717) is 17.7 Å². The highest BCUT2D eigenvalue weighted by Gasteiger charge is 2.38. The molecule has 0 spiro atoms. The second kappa shape index (κ2) is 4.56. The SMILES string of the molecule is CC1(Nc2ccc(Br)cc2C#N)CCS(=O)(=O)C1.